The summed E-state index contributed by atoms with van der Waals surface area (Å²) in [7, 11) is 0. The van der Waals surface area contributed by atoms with Crippen LogP contribution in [0.2, 0.25) is 0 Å². The number of aliphatic hydroxyl groups is 1. The van der Waals surface area contributed by atoms with E-state index in [0.29, 0.717) is 41.6 Å². The highest BCUT2D eigenvalue weighted by Gasteiger charge is 2.33. The van der Waals surface area contributed by atoms with Crippen LogP contribution >= 0.6 is 0 Å². The number of carbonyl (C=O) groups is 1. The highest BCUT2D eigenvalue weighted by molar-refractivity contribution is 5.76. The lowest BCUT2D eigenvalue weighted by Crippen LogP contribution is -2.55. The first kappa shape index (κ1) is 22.9. The molecule has 2 aliphatic rings. The van der Waals surface area contributed by atoms with Gasteiger partial charge in [-0.25, -0.2) is 4.79 Å². The number of urea groups is 1. The van der Waals surface area contributed by atoms with Crippen molar-refractivity contribution in [3.8, 4) is 34.7 Å². The Morgan fingerprint density at radius 2 is 2.17 bits per heavy atom. The molecular weight excluding hydrogens is 446 g/mol. The van der Waals surface area contributed by atoms with Crippen molar-refractivity contribution in [1.82, 2.24) is 20.4 Å². The summed E-state index contributed by atoms with van der Waals surface area (Å²) in [6, 6.07) is 12.9. The van der Waals surface area contributed by atoms with Crippen LogP contribution in [-0.2, 0) is 6.42 Å². The van der Waals surface area contributed by atoms with Gasteiger partial charge < -0.3 is 19.7 Å². The summed E-state index contributed by atoms with van der Waals surface area (Å²) in [6.45, 7) is 4.38. The molecule has 35 heavy (non-hydrogen) atoms. The van der Waals surface area contributed by atoms with Gasteiger partial charge in [0.05, 0.1) is 17.7 Å². The van der Waals surface area contributed by atoms with Crippen LogP contribution in [0.3, 0.4) is 0 Å². The molecule has 0 radical (unpaired) electrons. The van der Waals surface area contributed by atoms with Crippen LogP contribution in [0, 0.1) is 11.3 Å². The Balaban J connectivity index is 1.41. The predicted octanol–water partition coefficient (Wildman–Crippen LogP) is 4.17. The first-order chi connectivity index (χ1) is 16.9. The van der Waals surface area contributed by atoms with E-state index in [0.717, 1.165) is 36.0 Å². The summed E-state index contributed by atoms with van der Waals surface area (Å²) in [5, 5.41) is 26.6. The number of benzene rings is 2. The molecule has 1 aliphatic carbocycles. The standard InChI is InChI=1S/C26H27N5O4/c1-15(2)34-22-10-9-16(13-17(22)14-27)25-29-24(30-35-25)20-7-3-6-19-18(20)5-4-8-21(19)28-26(33)31-12-11-23(31)32/h3,6-7,9-10,13,15,21,23,32H,4-5,8,11-12H2,1-2H3,(H,28,33). The molecule has 2 unspecified atom stereocenters. The lowest BCUT2D eigenvalue weighted by molar-refractivity contribution is -0.0419. The van der Waals surface area contributed by atoms with Crippen molar-refractivity contribution in [3.05, 3.63) is 53.1 Å². The summed E-state index contributed by atoms with van der Waals surface area (Å²) >= 11 is 0. The van der Waals surface area contributed by atoms with Crippen molar-refractivity contribution in [2.75, 3.05) is 6.54 Å². The quantitative estimate of drug-likeness (QED) is 0.570. The minimum atomic E-state index is -0.699. The Bertz CT molecular complexity index is 1300. The van der Waals surface area contributed by atoms with E-state index in [4.69, 9.17) is 9.26 Å². The van der Waals surface area contributed by atoms with Gasteiger partial charge in [0.2, 0.25) is 5.82 Å². The number of nitriles is 1. The fraction of sp³-hybridized carbons (Fsp3) is 0.385. The van der Waals surface area contributed by atoms with Crippen molar-refractivity contribution in [3.63, 3.8) is 0 Å². The molecule has 0 spiro atoms. The number of nitrogens with one attached hydrogen (secondary N) is 1. The maximum atomic E-state index is 12.5. The van der Waals surface area contributed by atoms with Crippen molar-refractivity contribution < 1.29 is 19.2 Å². The van der Waals surface area contributed by atoms with Crippen molar-refractivity contribution in [2.45, 2.75) is 57.9 Å². The van der Waals surface area contributed by atoms with Crippen LogP contribution in [-0.4, -0.2) is 45.1 Å². The normalized spacial score (nSPS) is 19.0. The maximum Gasteiger partial charge on any atom is 0.319 e. The number of ether oxygens (including phenoxy) is 1. The molecule has 1 aliphatic heterocycles. The number of aromatic nitrogens is 2. The van der Waals surface area contributed by atoms with Crippen molar-refractivity contribution in [1.29, 1.82) is 5.26 Å². The van der Waals surface area contributed by atoms with E-state index in [-0.39, 0.29) is 18.2 Å². The predicted molar refractivity (Wildman–Crippen MR) is 127 cm³/mol. The molecule has 2 atom stereocenters. The number of nitrogens with zero attached hydrogens (tertiary/aromatic N) is 4. The van der Waals surface area contributed by atoms with Crippen LogP contribution in [0.4, 0.5) is 4.79 Å². The average Bonchev–Trinajstić information content (AvgIpc) is 3.33. The summed E-state index contributed by atoms with van der Waals surface area (Å²) in [5.41, 5.74) is 4.02. The molecule has 180 valence electrons. The summed E-state index contributed by atoms with van der Waals surface area (Å²) in [6.07, 6.45) is 2.44. The van der Waals surface area contributed by atoms with Gasteiger partial charge in [-0.3, -0.25) is 4.90 Å². The van der Waals surface area contributed by atoms with Crippen LogP contribution in [0.25, 0.3) is 22.8 Å². The average molecular weight is 474 g/mol. The molecule has 5 rings (SSSR count). The largest absolute Gasteiger partial charge is 0.490 e. The zero-order chi connectivity index (χ0) is 24.5. The zero-order valence-corrected chi connectivity index (χ0v) is 19.7. The van der Waals surface area contributed by atoms with E-state index >= 15 is 0 Å². The SMILES string of the molecule is CC(C)Oc1ccc(-c2nc(-c3cccc4c3CCCC4NC(=O)N3CCC3O)no2)cc1C#N. The van der Waals surface area contributed by atoms with Gasteiger partial charge in [0.15, 0.2) is 0 Å². The Morgan fingerprint density at radius 1 is 1.31 bits per heavy atom. The van der Waals surface area contributed by atoms with Gasteiger partial charge in [0, 0.05) is 24.1 Å². The van der Waals surface area contributed by atoms with E-state index in [1.54, 1.807) is 18.2 Å². The molecule has 2 heterocycles. The second-order valence-corrected chi connectivity index (χ2v) is 9.14. The fourth-order valence-corrected chi connectivity index (χ4v) is 4.61. The maximum absolute atomic E-state index is 12.5. The second-order valence-electron chi connectivity index (χ2n) is 9.14. The van der Waals surface area contributed by atoms with Gasteiger partial charge in [0.25, 0.3) is 5.89 Å². The molecule has 2 aromatic carbocycles. The molecule has 2 amide bonds. The number of hydrogen-bond acceptors (Lipinski definition) is 7. The van der Waals surface area contributed by atoms with E-state index in [2.05, 4.69) is 21.5 Å². The molecule has 2 N–H and O–H groups in total. The number of hydrogen-bond donors (Lipinski definition) is 2. The van der Waals surface area contributed by atoms with Gasteiger partial charge in [-0.05, 0) is 62.4 Å². The lowest BCUT2D eigenvalue weighted by Gasteiger charge is -2.38. The van der Waals surface area contributed by atoms with E-state index < -0.39 is 6.23 Å². The smallest absolute Gasteiger partial charge is 0.319 e. The number of aliphatic hydroxyl groups excluding tert-OH is 1. The molecule has 1 aromatic heterocycles. The summed E-state index contributed by atoms with van der Waals surface area (Å²) < 4.78 is 11.3. The molecule has 3 aromatic rings. The Morgan fingerprint density at radius 3 is 2.89 bits per heavy atom. The number of rotatable bonds is 5. The van der Waals surface area contributed by atoms with Crippen molar-refractivity contribution in [2.24, 2.45) is 0 Å². The Hall–Kier alpha value is -3.90. The lowest BCUT2D eigenvalue weighted by atomic mass is 9.84. The fourth-order valence-electron chi connectivity index (χ4n) is 4.61. The Kier molecular flexibility index (Phi) is 6.14. The molecule has 0 saturated carbocycles. The first-order valence-electron chi connectivity index (χ1n) is 11.9. The van der Waals surface area contributed by atoms with Gasteiger partial charge in [-0.15, -0.1) is 0 Å². The van der Waals surface area contributed by atoms with Crippen molar-refractivity contribution >= 4 is 6.03 Å². The van der Waals surface area contributed by atoms with E-state index in [1.807, 2.05) is 32.0 Å². The second kappa shape index (κ2) is 9.39. The topological polar surface area (TPSA) is 125 Å². The first-order valence-corrected chi connectivity index (χ1v) is 11.9. The molecule has 1 saturated heterocycles. The third kappa shape index (κ3) is 4.45. The minimum absolute atomic E-state index is 0.0446. The van der Waals surface area contributed by atoms with Crippen LogP contribution in [0.1, 0.15) is 55.8 Å². The monoisotopic (exact) mass is 473 g/mol. The van der Waals surface area contributed by atoms with Gasteiger partial charge in [-0.1, -0.05) is 23.4 Å². The number of amides is 2. The third-order valence-electron chi connectivity index (χ3n) is 6.43. The van der Waals surface area contributed by atoms with E-state index in [9.17, 15) is 15.2 Å². The van der Waals surface area contributed by atoms with Crippen LogP contribution < -0.4 is 10.1 Å². The highest BCUT2D eigenvalue weighted by atomic mass is 16.5. The Labute approximate surface area is 203 Å². The molecule has 9 nitrogen and oxygen atoms in total. The number of fused-ring (bicyclic) bond motifs is 1. The minimum Gasteiger partial charge on any atom is -0.490 e. The highest BCUT2D eigenvalue weighted by Crippen LogP contribution is 2.36. The molecule has 0 bridgehead atoms. The van der Waals surface area contributed by atoms with E-state index in [1.165, 1.54) is 4.90 Å². The van der Waals surface area contributed by atoms with Crippen LogP contribution in [0.15, 0.2) is 40.9 Å². The van der Waals surface area contributed by atoms with Gasteiger partial charge in [-0.2, -0.15) is 10.2 Å². The summed E-state index contributed by atoms with van der Waals surface area (Å²) in [4.78, 5) is 18.6. The third-order valence-corrected chi connectivity index (χ3v) is 6.43. The zero-order valence-electron chi connectivity index (χ0n) is 19.7. The number of likely N-dealkylation sites (tertiary alicyclic amines) is 1. The van der Waals surface area contributed by atoms with Crippen LogP contribution in [0.5, 0.6) is 5.75 Å². The number of carbonyl (C=O) groups excluding carboxylic acids is 1. The molecule has 9 heteroatoms. The van der Waals surface area contributed by atoms with Gasteiger partial charge >= 0.3 is 6.03 Å². The van der Waals surface area contributed by atoms with Gasteiger partial charge in [0.1, 0.15) is 18.0 Å². The summed E-state index contributed by atoms with van der Waals surface area (Å²) in [5.74, 6) is 1.29. The molecule has 1 fully saturated rings. The molecular formula is C26H27N5O4.